The first kappa shape index (κ1) is 30.0. The minimum atomic E-state index is -0.171. The fourth-order valence-electron chi connectivity index (χ4n) is 2.50. The third-order valence-corrected chi connectivity index (χ3v) is 4.86. The maximum absolute atomic E-state index is 11.9. The Morgan fingerprint density at radius 2 is 1.74 bits per heavy atom. The van der Waals surface area contributed by atoms with Crippen LogP contribution in [0.5, 0.6) is 5.88 Å². The smallest absolute Gasteiger partial charge is 0.373 e. The first-order valence-corrected chi connectivity index (χ1v) is 11.2. The fraction of sp³-hybridized carbons (Fsp3) is 0.478. The zero-order valence-electron chi connectivity index (χ0n) is 20.2. The van der Waals surface area contributed by atoms with Crippen molar-refractivity contribution in [1.29, 1.82) is 0 Å². The van der Waals surface area contributed by atoms with E-state index in [1.807, 2.05) is 24.3 Å². The molecular weight excluding hydrogens is 478 g/mol. The van der Waals surface area contributed by atoms with E-state index in [0.29, 0.717) is 44.9 Å². The van der Waals surface area contributed by atoms with E-state index in [9.17, 15) is 4.79 Å². The number of nitrogens with zero attached hydrogens (tertiary/aromatic N) is 3. The molecule has 1 amide bonds. The number of aromatic nitrogens is 2. The highest BCUT2D eigenvalue weighted by molar-refractivity contribution is 6.29. The highest BCUT2D eigenvalue weighted by Gasteiger charge is 2.05. The van der Waals surface area contributed by atoms with Gasteiger partial charge in [-0.3, -0.25) is 4.79 Å². The molecule has 0 unspecified atom stereocenters. The Hall–Kier alpha value is -3.08. The SMILES string of the molecule is CC(C)N(C)CCOCCOCC(=O)NCc1ccc(COc2cc(Cl)nc(N)n2)cc1.O=C=O. The molecule has 192 valence electrons. The van der Waals surface area contributed by atoms with E-state index in [-0.39, 0.29) is 29.8 Å². The number of halogens is 1. The average molecular weight is 510 g/mol. The van der Waals surface area contributed by atoms with E-state index in [1.54, 1.807) is 0 Å². The Bertz CT molecular complexity index is 903. The lowest BCUT2D eigenvalue weighted by Crippen LogP contribution is -2.30. The van der Waals surface area contributed by atoms with Crippen molar-refractivity contribution in [2.24, 2.45) is 0 Å². The van der Waals surface area contributed by atoms with Crippen LogP contribution in [-0.4, -0.2) is 73.0 Å². The molecule has 1 aromatic carbocycles. The molecule has 0 aliphatic carbocycles. The Balaban J connectivity index is 0.00000194. The van der Waals surface area contributed by atoms with Gasteiger partial charge >= 0.3 is 6.15 Å². The van der Waals surface area contributed by atoms with Crippen molar-refractivity contribution in [1.82, 2.24) is 20.2 Å². The number of ether oxygens (including phenoxy) is 3. The average Bonchev–Trinajstić information content (AvgIpc) is 2.81. The predicted octanol–water partition coefficient (Wildman–Crippen LogP) is 1.70. The van der Waals surface area contributed by atoms with Gasteiger partial charge < -0.3 is 30.2 Å². The molecule has 1 aromatic heterocycles. The molecule has 2 aromatic rings. The van der Waals surface area contributed by atoms with Gasteiger partial charge in [-0.15, -0.1) is 0 Å². The van der Waals surface area contributed by atoms with Crippen molar-refractivity contribution in [2.75, 3.05) is 45.8 Å². The molecule has 0 radical (unpaired) electrons. The molecule has 2 rings (SSSR count). The second-order valence-corrected chi connectivity index (χ2v) is 7.98. The van der Waals surface area contributed by atoms with E-state index in [0.717, 1.165) is 17.7 Å². The normalized spacial score (nSPS) is 10.5. The van der Waals surface area contributed by atoms with Crippen LogP contribution in [0.25, 0.3) is 0 Å². The van der Waals surface area contributed by atoms with E-state index >= 15 is 0 Å². The lowest BCUT2D eigenvalue weighted by atomic mass is 10.1. The Morgan fingerprint density at radius 3 is 2.37 bits per heavy atom. The summed E-state index contributed by atoms with van der Waals surface area (Å²) in [5, 5.41) is 3.06. The first-order valence-electron chi connectivity index (χ1n) is 10.9. The van der Waals surface area contributed by atoms with Crippen LogP contribution < -0.4 is 15.8 Å². The molecule has 1 heterocycles. The zero-order valence-corrected chi connectivity index (χ0v) is 20.9. The molecule has 0 bridgehead atoms. The summed E-state index contributed by atoms with van der Waals surface area (Å²) in [4.78, 5) is 38.1. The lowest BCUT2D eigenvalue weighted by molar-refractivity contribution is -0.191. The van der Waals surface area contributed by atoms with Gasteiger partial charge in [0.2, 0.25) is 17.7 Å². The van der Waals surface area contributed by atoms with Gasteiger partial charge in [-0.05, 0) is 32.0 Å². The molecule has 0 saturated heterocycles. The Labute approximate surface area is 209 Å². The van der Waals surface area contributed by atoms with Gasteiger partial charge in [-0.1, -0.05) is 35.9 Å². The number of nitrogens with two attached hydrogens (primary N) is 1. The van der Waals surface area contributed by atoms with E-state index in [1.165, 1.54) is 6.07 Å². The maximum Gasteiger partial charge on any atom is 0.373 e. The van der Waals surface area contributed by atoms with Crippen LogP contribution in [0, 0.1) is 0 Å². The van der Waals surface area contributed by atoms with Crippen LogP contribution in [-0.2, 0) is 37.0 Å². The van der Waals surface area contributed by atoms with Crippen molar-refractivity contribution in [3.8, 4) is 5.88 Å². The lowest BCUT2D eigenvalue weighted by Gasteiger charge is -2.20. The number of carbonyl (C=O) groups is 1. The van der Waals surface area contributed by atoms with Gasteiger partial charge in [0.15, 0.2) is 0 Å². The summed E-state index contributed by atoms with van der Waals surface area (Å²) in [6.07, 6.45) is 0.250. The van der Waals surface area contributed by atoms with Crippen molar-refractivity contribution in [3.05, 3.63) is 46.6 Å². The predicted molar refractivity (Wildman–Crippen MR) is 128 cm³/mol. The molecule has 0 spiro atoms. The molecule has 0 aliphatic rings. The quantitative estimate of drug-likeness (QED) is 0.285. The summed E-state index contributed by atoms with van der Waals surface area (Å²) in [5.41, 5.74) is 7.45. The van der Waals surface area contributed by atoms with E-state index < -0.39 is 0 Å². The van der Waals surface area contributed by atoms with Crippen LogP contribution >= 0.6 is 11.6 Å². The molecule has 0 saturated carbocycles. The summed E-state index contributed by atoms with van der Waals surface area (Å²) in [6, 6.07) is 9.66. The summed E-state index contributed by atoms with van der Waals surface area (Å²) in [7, 11) is 2.06. The minimum Gasteiger partial charge on any atom is -0.473 e. The highest BCUT2D eigenvalue weighted by atomic mass is 35.5. The van der Waals surface area contributed by atoms with Crippen LogP contribution in [0.3, 0.4) is 0 Å². The van der Waals surface area contributed by atoms with Crippen molar-refractivity contribution >= 4 is 29.6 Å². The molecule has 11 nitrogen and oxygen atoms in total. The maximum atomic E-state index is 11.9. The largest absolute Gasteiger partial charge is 0.473 e. The zero-order chi connectivity index (χ0) is 26.1. The molecular formula is C23H32ClN5O6. The Morgan fingerprint density at radius 1 is 1.11 bits per heavy atom. The monoisotopic (exact) mass is 509 g/mol. The fourth-order valence-corrected chi connectivity index (χ4v) is 2.68. The molecule has 3 N–H and O–H groups in total. The summed E-state index contributed by atoms with van der Waals surface area (Å²) in [6.45, 7) is 7.38. The van der Waals surface area contributed by atoms with Crippen molar-refractivity contribution < 1.29 is 28.6 Å². The highest BCUT2D eigenvalue weighted by Crippen LogP contribution is 2.16. The van der Waals surface area contributed by atoms with Crippen molar-refractivity contribution in [2.45, 2.75) is 33.0 Å². The van der Waals surface area contributed by atoms with Crippen LogP contribution in [0.1, 0.15) is 25.0 Å². The first-order chi connectivity index (χ1) is 16.7. The number of hydrogen-bond donors (Lipinski definition) is 2. The van der Waals surface area contributed by atoms with Gasteiger partial charge in [0, 0.05) is 25.2 Å². The molecule has 35 heavy (non-hydrogen) atoms. The third-order valence-electron chi connectivity index (χ3n) is 4.66. The van der Waals surface area contributed by atoms with Crippen molar-refractivity contribution in [3.63, 3.8) is 0 Å². The minimum absolute atomic E-state index is 0.00576. The van der Waals surface area contributed by atoms with Crippen LogP contribution in [0.4, 0.5) is 5.95 Å². The summed E-state index contributed by atoms with van der Waals surface area (Å²) < 4.78 is 16.4. The molecule has 0 aliphatic heterocycles. The number of benzene rings is 1. The summed E-state index contributed by atoms with van der Waals surface area (Å²) >= 11 is 5.83. The number of nitrogen functional groups attached to an aromatic ring is 1. The standard InChI is InChI=1S/C22H32ClN5O4.CO2/c1-16(2)28(3)8-9-30-10-11-31-15-20(29)25-13-17-4-6-18(7-5-17)14-32-21-12-19(23)26-22(24)27-21;2-1-3/h4-7,12,16H,8-11,13-15H2,1-3H3,(H,25,29)(H2,24,26,27);. The number of amides is 1. The van der Waals surface area contributed by atoms with Gasteiger partial charge in [-0.2, -0.15) is 14.6 Å². The Kier molecular flexibility index (Phi) is 14.9. The van der Waals surface area contributed by atoms with Crippen LogP contribution in [0.2, 0.25) is 5.15 Å². The second-order valence-electron chi connectivity index (χ2n) is 7.59. The second kappa shape index (κ2) is 17.4. The summed E-state index contributed by atoms with van der Waals surface area (Å²) in [5.74, 6) is 0.201. The van der Waals surface area contributed by atoms with Gasteiger partial charge in [0.05, 0.1) is 19.8 Å². The van der Waals surface area contributed by atoms with Gasteiger partial charge in [-0.25, -0.2) is 4.98 Å². The van der Waals surface area contributed by atoms with Gasteiger partial charge in [0.25, 0.3) is 0 Å². The third kappa shape index (κ3) is 14.0. The number of nitrogens with one attached hydrogen (secondary N) is 1. The number of likely N-dealkylation sites (N-methyl/N-ethyl adjacent to an activating group) is 1. The number of anilines is 1. The number of hydrogen-bond acceptors (Lipinski definition) is 10. The molecule has 12 heteroatoms. The molecule has 0 fully saturated rings. The van der Waals surface area contributed by atoms with E-state index in [4.69, 9.17) is 41.1 Å². The van der Waals surface area contributed by atoms with Crippen LogP contribution in [0.15, 0.2) is 30.3 Å². The van der Waals surface area contributed by atoms with E-state index in [2.05, 4.69) is 41.1 Å². The van der Waals surface area contributed by atoms with Gasteiger partial charge in [0.1, 0.15) is 18.4 Å². The number of carbonyl (C=O) groups excluding carboxylic acids is 3. The topological polar surface area (TPSA) is 146 Å². The number of rotatable bonds is 14. The molecule has 0 atom stereocenters.